The summed E-state index contributed by atoms with van der Waals surface area (Å²) in [6.45, 7) is 0.268. The molecule has 7 heteroatoms. The van der Waals surface area contributed by atoms with Crippen molar-refractivity contribution in [2.75, 3.05) is 20.3 Å². The maximum absolute atomic E-state index is 13.6. The van der Waals surface area contributed by atoms with Crippen LogP contribution in [0.15, 0.2) is 12.1 Å². The van der Waals surface area contributed by atoms with Crippen molar-refractivity contribution >= 4 is 5.97 Å². The van der Waals surface area contributed by atoms with Crippen LogP contribution in [0.3, 0.4) is 0 Å². The fraction of sp³-hybridized carbons (Fsp3) is 0.462. The highest BCUT2D eigenvalue weighted by atomic mass is 19.2. The third-order valence-corrected chi connectivity index (χ3v) is 3.44. The maximum atomic E-state index is 13.6. The number of aliphatic carboxylic acids is 1. The van der Waals surface area contributed by atoms with E-state index in [2.05, 4.69) is 0 Å². The van der Waals surface area contributed by atoms with Crippen LogP contribution in [-0.4, -0.2) is 42.3 Å². The zero-order valence-corrected chi connectivity index (χ0v) is 10.8. The summed E-state index contributed by atoms with van der Waals surface area (Å²) in [5.74, 6) is -4.95. The minimum atomic E-state index is -1.25. The Morgan fingerprint density at radius 1 is 1.30 bits per heavy atom. The van der Waals surface area contributed by atoms with Gasteiger partial charge in [-0.1, -0.05) is 0 Å². The Morgan fingerprint density at radius 3 is 2.60 bits per heavy atom. The van der Waals surface area contributed by atoms with Gasteiger partial charge in [0.1, 0.15) is 5.82 Å². The van der Waals surface area contributed by atoms with Crippen molar-refractivity contribution in [1.82, 2.24) is 4.90 Å². The molecule has 1 fully saturated rings. The number of hydrogen-bond donors (Lipinski definition) is 1. The number of carboxylic acids is 1. The third-order valence-electron chi connectivity index (χ3n) is 3.44. The van der Waals surface area contributed by atoms with Crippen molar-refractivity contribution in [2.24, 2.45) is 5.92 Å². The van der Waals surface area contributed by atoms with Gasteiger partial charge in [-0.25, -0.2) is 13.2 Å². The highest BCUT2D eigenvalue weighted by molar-refractivity contribution is 5.71. The minimum Gasteiger partial charge on any atom is -0.481 e. The molecule has 0 aliphatic carbocycles. The summed E-state index contributed by atoms with van der Waals surface area (Å²) in [6.07, 6.45) is 0. The van der Waals surface area contributed by atoms with E-state index >= 15 is 0 Å². The van der Waals surface area contributed by atoms with Gasteiger partial charge in [-0.2, -0.15) is 0 Å². The summed E-state index contributed by atoms with van der Waals surface area (Å²) in [7, 11) is 1.59. The maximum Gasteiger partial charge on any atom is 0.310 e. The summed E-state index contributed by atoms with van der Waals surface area (Å²) in [5, 5.41) is 9.04. The molecule has 1 saturated heterocycles. The average molecular weight is 289 g/mol. The molecule has 0 bridgehead atoms. The lowest BCUT2D eigenvalue weighted by atomic mass is 10.0. The summed E-state index contributed by atoms with van der Waals surface area (Å²) in [4.78, 5) is 12.6. The van der Waals surface area contributed by atoms with E-state index in [1.807, 2.05) is 0 Å². The van der Waals surface area contributed by atoms with E-state index in [9.17, 15) is 18.0 Å². The van der Waals surface area contributed by atoms with Gasteiger partial charge in [-0.15, -0.1) is 0 Å². The van der Waals surface area contributed by atoms with Gasteiger partial charge in [0.25, 0.3) is 0 Å². The predicted molar refractivity (Wildman–Crippen MR) is 63.5 cm³/mol. The summed E-state index contributed by atoms with van der Waals surface area (Å²) in [5.41, 5.74) is -0.0255. The molecule has 20 heavy (non-hydrogen) atoms. The molecule has 0 amide bonds. The number of likely N-dealkylation sites (N-methyl/N-ethyl adjacent to an activating group) is 1. The van der Waals surface area contributed by atoms with Crippen molar-refractivity contribution in [1.29, 1.82) is 0 Å². The number of rotatable bonds is 4. The molecule has 1 N–H and O–H groups in total. The van der Waals surface area contributed by atoms with Gasteiger partial charge >= 0.3 is 5.97 Å². The molecule has 1 aliphatic heterocycles. The third kappa shape index (κ3) is 2.94. The summed E-state index contributed by atoms with van der Waals surface area (Å²) in [6, 6.07) is 0.838. The van der Waals surface area contributed by atoms with Crippen molar-refractivity contribution in [3.8, 4) is 0 Å². The number of benzene rings is 1. The molecule has 1 aromatic rings. The second kappa shape index (κ2) is 5.80. The van der Waals surface area contributed by atoms with Gasteiger partial charge in [-0.05, 0) is 13.1 Å². The van der Waals surface area contributed by atoms with E-state index in [0.717, 1.165) is 6.07 Å². The lowest BCUT2D eigenvalue weighted by Gasteiger charge is -2.26. The van der Waals surface area contributed by atoms with Crippen molar-refractivity contribution in [3.63, 3.8) is 0 Å². The molecular weight excluding hydrogens is 275 g/mol. The molecule has 4 nitrogen and oxygen atoms in total. The molecule has 1 aromatic carbocycles. The molecule has 2 rings (SSSR count). The quantitative estimate of drug-likeness (QED) is 0.856. The molecular formula is C13H14F3NO3. The van der Waals surface area contributed by atoms with E-state index < -0.39 is 35.4 Å². The Bertz CT molecular complexity index is 524. The highest BCUT2D eigenvalue weighted by Crippen LogP contribution is 2.22. The standard InChI is InChI=1S/C13H14F3NO3/c1-17(12-6-20-5-8(12)13(18)19)4-7-2-10(15)11(16)3-9(7)14/h2-3,8,12H,4-6H2,1H3,(H,18,19). The van der Waals surface area contributed by atoms with E-state index in [1.165, 1.54) is 0 Å². The van der Waals surface area contributed by atoms with Crippen LogP contribution in [0.2, 0.25) is 0 Å². The predicted octanol–water partition coefficient (Wildman–Crippen LogP) is 1.64. The van der Waals surface area contributed by atoms with E-state index in [1.54, 1.807) is 11.9 Å². The smallest absolute Gasteiger partial charge is 0.310 e. The summed E-state index contributed by atoms with van der Waals surface area (Å²) < 4.78 is 44.6. The molecule has 0 spiro atoms. The van der Waals surface area contributed by atoms with Crippen LogP contribution in [0.5, 0.6) is 0 Å². The first-order chi connectivity index (χ1) is 9.40. The lowest BCUT2D eigenvalue weighted by Crippen LogP contribution is -2.40. The first-order valence-corrected chi connectivity index (χ1v) is 6.04. The molecule has 1 heterocycles. The molecule has 110 valence electrons. The van der Waals surface area contributed by atoms with Gasteiger partial charge in [0.05, 0.1) is 19.1 Å². The normalized spacial score (nSPS) is 22.4. The Labute approximate surface area is 113 Å². The fourth-order valence-corrected chi connectivity index (χ4v) is 2.28. The van der Waals surface area contributed by atoms with Crippen LogP contribution < -0.4 is 0 Å². The number of ether oxygens (including phenoxy) is 1. The number of nitrogens with zero attached hydrogens (tertiary/aromatic N) is 1. The number of carboxylic acid groups (broad SMARTS) is 1. The number of hydrogen-bond acceptors (Lipinski definition) is 3. The van der Waals surface area contributed by atoms with Gasteiger partial charge in [-0.3, -0.25) is 9.69 Å². The van der Waals surface area contributed by atoms with E-state index in [4.69, 9.17) is 9.84 Å². The van der Waals surface area contributed by atoms with Crippen molar-refractivity contribution in [3.05, 3.63) is 35.1 Å². The van der Waals surface area contributed by atoms with Gasteiger partial charge < -0.3 is 9.84 Å². The summed E-state index contributed by atoms with van der Waals surface area (Å²) >= 11 is 0. The lowest BCUT2D eigenvalue weighted by molar-refractivity contribution is -0.143. The molecule has 0 aromatic heterocycles. The topological polar surface area (TPSA) is 49.8 Å². The first kappa shape index (κ1) is 14.8. The Hall–Kier alpha value is -1.60. The number of halogens is 3. The van der Waals surface area contributed by atoms with Crippen LogP contribution >= 0.6 is 0 Å². The van der Waals surface area contributed by atoms with Crippen molar-refractivity contribution < 1.29 is 27.8 Å². The van der Waals surface area contributed by atoms with Gasteiger partial charge in [0.15, 0.2) is 11.6 Å². The Balaban J connectivity index is 2.13. The van der Waals surface area contributed by atoms with Gasteiger partial charge in [0, 0.05) is 24.2 Å². The zero-order valence-electron chi connectivity index (χ0n) is 10.8. The monoisotopic (exact) mass is 289 g/mol. The van der Waals surface area contributed by atoms with Gasteiger partial charge in [0.2, 0.25) is 0 Å². The molecule has 1 aliphatic rings. The minimum absolute atomic E-state index is 0.0255. The highest BCUT2D eigenvalue weighted by Gasteiger charge is 2.36. The fourth-order valence-electron chi connectivity index (χ4n) is 2.28. The first-order valence-electron chi connectivity index (χ1n) is 6.04. The Kier molecular flexibility index (Phi) is 4.29. The largest absolute Gasteiger partial charge is 0.481 e. The van der Waals surface area contributed by atoms with Crippen LogP contribution in [0.1, 0.15) is 5.56 Å². The van der Waals surface area contributed by atoms with Crippen molar-refractivity contribution in [2.45, 2.75) is 12.6 Å². The Morgan fingerprint density at radius 2 is 1.95 bits per heavy atom. The SMILES string of the molecule is CN(Cc1cc(F)c(F)cc1F)C1COCC1C(=O)O. The van der Waals surface area contributed by atoms with Crippen LogP contribution in [0, 0.1) is 23.4 Å². The molecule has 2 unspecified atom stereocenters. The molecule has 2 atom stereocenters. The van der Waals surface area contributed by atoms with Crippen LogP contribution in [0.4, 0.5) is 13.2 Å². The van der Waals surface area contributed by atoms with E-state index in [-0.39, 0.29) is 25.3 Å². The second-order valence-corrected chi connectivity index (χ2v) is 4.82. The number of carbonyl (C=O) groups is 1. The average Bonchev–Trinajstić information content (AvgIpc) is 2.85. The van der Waals surface area contributed by atoms with Crippen LogP contribution in [0.25, 0.3) is 0 Å². The molecule has 0 radical (unpaired) electrons. The van der Waals surface area contributed by atoms with Crippen LogP contribution in [-0.2, 0) is 16.1 Å². The zero-order chi connectivity index (χ0) is 14.9. The second-order valence-electron chi connectivity index (χ2n) is 4.82. The van der Waals surface area contributed by atoms with E-state index in [0.29, 0.717) is 6.07 Å². The molecule has 0 saturated carbocycles.